The number of aliphatic hydroxyl groups is 1. The van der Waals surface area contributed by atoms with Gasteiger partial charge in [-0.1, -0.05) is 32.0 Å². The first kappa shape index (κ1) is 27.6. The van der Waals surface area contributed by atoms with E-state index in [4.69, 9.17) is 14.2 Å². The lowest BCUT2D eigenvalue weighted by atomic mass is 9.95. The van der Waals surface area contributed by atoms with Crippen LogP contribution < -0.4 is 14.2 Å². The third-order valence-corrected chi connectivity index (χ3v) is 6.55. The molecule has 8 nitrogen and oxygen atoms in total. The van der Waals surface area contributed by atoms with E-state index < -0.39 is 17.7 Å². The standard InChI is InChI=1S/C31H33NO7/c1-19(2)18-39-24-12-8-22(9-13-24)29(34)27-28(21-6-10-23(33)11-7-21)32(31(36)30(27)35)16-15-20-5-14-25(37-3)26(17-20)38-4/h5-14,17,19,28,33-34H,15-16,18H2,1-4H3/b29-27+. The molecule has 39 heavy (non-hydrogen) atoms. The largest absolute Gasteiger partial charge is 0.508 e. The number of hydrogen-bond acceptors (Lipinski definition) is 7. The number of phenols is 1. The van der Waals surface area contributed by atoms with E-state index >= 15 is 0 Å². The minimum atomic E-state index is -0.831. The van der Waals surface area contributed by atoms with Crippen LogP contribution in [0.5, 0.6) is 23.0 Å². The molecule has 0 aromatic heterocycles. The highest BCUT2D eigenvalue weighted by Gasteiger charge is 2.45. The van der Waals surface area contributed by atoms with Gasteiger partial charge in [0.05, 0.1) is 32.4 Å². The number of ether oxygens (including phenoxy) is 3. The van der Waals surface area contributed by atoms with Crippen molar-refractivity contribution in [3.05, 3.63) is 89.0 Å². The number of aliphatic hydroxyl groups excluding tert-OH is 1. The maximum Gasteiger partial charge on any atom is 0.295 e. The zero-order chi connectivity index (χ0) is 28.1. The molecule has 1 aliphatic rings. The summed E-state index contributed by atoms with van der Waals surface area (Å²) >= 11 is 0. The van der Waals surface area contributed by atoms with Gasteiger partial charge < -0.3 is 29.3 Å². The van der Waals surface area contributed by atoms with Crippen molar-refractivity contribution in [1.82, 2.24) is 4.90 Å². The quantitative estimate of drug-likeness (QED) is 0.213. The van der Waals surface area contributed by atoms with E-state index in [1.807, 2.05) is 26.0 Å². The van der Waals surface area contributed by atoms with Crippen LogP contribution in [0.4, 0.5) is 0 Å². The predicted molar refractivity (Wildman–Crippen MR) is 147 cm³/mol. The Morgan fingerprint density at radius 2 is 1.59 bits per heavy atom. The second kappa shape index (κ2) is 11.9. The molecule has 1 amide bonds. The zero-order valence-corrected chi connectivity index (χ0v) is 22.5. The smallest absolute Gasteiger partial charge is 0.295 e. The minimum absolute atomic E-state index is 0.00569. The van der Waals surface area contributed by atoms with E-state index in [0.717, 1.165) is 5.56 Å². The molecule has 0 bridgehead atoms. The summed E-state index contributed by atoms with van der Waals surface area (Å²) in [6.07, 6.45) is 0.434. The van der Waals surface area contributed by atoms with E-state index in [9.17, 15) is 19.8 Å². The van der Waals surface area contributed by atoms with Crippen molar-refractivity contribution in [3.63, 3.8) is 0 Å². The Morgan fingerprint density at radius 3 is 2.21 bits per heavy atom. The lowest BCUT2D eigenvalue weighted by molar-refractivity contribution is -0.139. The highest BCUT2D eigenvalue weighted by Crippen LogP contribution is 2.40. The van der Waals surface area contributed by atoms with Crippen molar-refractivity contribution in [2.24, 2.45) is 5.92 Å². The fourth-order valence-electron chi connectivity index (χ4n) is 4.53. The maximum atomic E-state index is 13.3. The van der Waals surface area contributed by atoms with Crippen LogP contribution in [0.15, 0.2) is 72.3 Å². The van der Waals surface area contributed by atoms with Crippen LogP contribution in [0.2, 0.25) is 0 Å². The van der Waals surface area contributed by atoms with Gasteiger partial charge in [-0.15, -0.1) is 0 Å². The van der Waals surface area contributed by atoms with Crippen LogP contribution in [-0.2, 0) is 16.0 Å². The van der Waals surface area contributed by atoms with Gasteiger partial charge >= 0.3 is 0 Å². The third kappa shape index (κ3) is 6.00. The van der Waals surface area contributed by atoms with Crippen molar-refractivity contribution >= 4 is 17.4 Å². The van der Waals surface area contributed by atoms with Gasteiger partial charge in [-0.3, -0.25) is 9.59 Å². The number of nitrogens with zero attached hydrogens (tertiary/aromatic N) is 1. The van der Waals surface area contributed by atoms with E-state index in [-0.39, 0.29) is 23.6 Å². The Morgan fingerprint density at radius 1 is 0.923 bits per heavy atom. The number of benzene rings is 3. The third-order valence-electron chi connectivity index (χ3n) is 6.55. The first-order valence-electron chi connectivity index (χ1n) is 12.7. The molecule has 1 heterocycles. The zero-order valence-electron chi connectivity index (χ0n) is 22.5. The van der Waals surface area contributed by atoms with E-state index in [2.05, 4.69) is 0 Å². The molecule has 1 fully saturated rings. The lowest BCUT2D eigenvalue weighted by Crippen LogP contribution is -2.31. The van der Waals surface area contributed by atoms with Gasteiger partial charge in [-0.05, 0) is 72.0 Å². The van der Waals surface area contributed by atoms with Crippen molar-refractivity contribution < 1.29 is 34.0 Å². The van der Waals surface area contributed by atoms with Gasteiger partial charge in [0.2, 0.25) is 0 Å². The molecule has 8 heteroatoms. The van der Waals surface area contributed by atoms with Crippen molar-refractivity contribution in [1.29, 1.82) is 0 Å². The number of aromatic hydroxyl groups is 1. The van der Waals surface area contributed by atoms with Crippen molar-refractivity contribution in [3.8, 4) is 23.0 Å². The number of rotatable bonds is 10. The van der Waals surface area contributed by atoms with Crippen molar-refractivity contribution in [2.75, 3.05) is 27.4 Å². The monoisotopic (exact) mass is 531 g/mol. The number of ketones is 1. The first-order chi connectivity index (χ1) is 18.7. The summed E-state index contributed by atoms with van der Waals surface area (Å²) < 4.78 is 16.4. The molecule has 0 spiro atoms. The molecular formula is C31H33NO7. The molecule has 3 aromatic carbocycles. The summed E-state index contributed by atoms with van der Waals surface area (Å²) in [5.74, 6) is 0.474. The number of carbonyl (C=O) groups is 2. The number of methoxy groups -OCH3 is 2. The van der Waals surface area contributed by atoms with E-state index in [1.165, 1.54) is 17.0 Å². The molecule has 3 aromatic rings. The van der Waals surface area contributed by atoms with Crippen LogP contribution >= 0.6 is 0 Å². The predicted octanol–water partition coefficient (Wildman–Crippen LogP) is 5.11. The fraction of sp³-hybridized carbons (Fsp3) is 0.290. The van der Waals surface area contributed by atoms with E-state index in [0.29, 0.717) is 47.3 Å². The molecule has 1 atom stereocenters. The van der Waals surface area contributed by atoms with Gasteiger partial charge in [-0.2, -0.15) is 0 Å². The number of likely N-dealkylation sites (tertiary alicyclic amines) is 1. The Labute approximate surface area is 228 Å². The molecule has 0 aliphatic carbocycles. The topological polar surface area (TPSA) is 106 Å². The van der Waals surface area contributed by atoms with Crippen LogP contribution in [0.3, 0.4) is 0 Å². The SMILES string of the molecule is COc1ccc(CCN2C(=O)C(=O)/C(=C(/O)c3ccc(OCC(C)C)cc3)C2c2ccc(O)cc2)cc1OC. The number of hydrogen-bond donors (Lipinski definition) is 2. The average molecular weight is 532 g/mol. The van der Waals surface area contributed by atoms with Crippen LogP contribution in [0, 0.1) is 5.92 Å². The lowest BCUT2D eigenvalue weighted by Gasteiger charge is -2.25. The summed E-state index contributed by atoms with van der Waals surface area (Å²) in [5, 5.41) is 21.1. The van der Waals surface area contributed by atoms with Gasteiger partial charge in [0.15, 0.2) is 11.5 Å². The van der Waals surface area contributed by atoms with Crippen LogP contribution in [0.25, 0.3) is 5.76 Å². The van der Waals surface area contributed by atoms with Crippen LogP contribution in [0.1, 0.15) is 36.6 Å². The first-order valence-corrected chi connectivity index (χ1v) is 12.7. The number of amides is 1. The number of carbonyl (C=O) groups excluding carboxylic acids is 2. The summed E-state index contributed by atoms with van der Waals surface area (Å²) in [4.78, 5) is 28.0. The van der Waals surface area contributed by atoms with Gasteiger partial charge in [0.1, 0.15) is 17.3 Å². The van der Waals surface area contributed by atoms with Gasteiger partial charge in [0.25, 0.3) is 11.7 Å². The van der Waals surface area contributed by atoms with Crippen molar-refractivity contribution in [2.45, 2.75) is 26.3 Å². The number of Topliss-reactive ketones (excluding diaryl/α,β-unsaturated/α-hetero) is 1. The molecular weight excluding hydrogens is 498 g/mol. The minimum Gasteiger partial charge on any atom is -0.508 e. The summed E-state index contributed by atoms with van der Waals surface area (Å²) in [6, 6.07) is 17.7. The molecule has 2 N–H and O–H groups in total. The Hall–Kier alpha value is -4.46. The average Bonchev–Trinajstić information content (AvgIpc) is 3.20. The second-order valence-corrected chi connectivity index (χ2v) is 9.75. The molecule has 0 saturated carbocycles. The highest BCUT2D eigenvalue weighted by atomic mass is 16.5. The van der Waals surface area contributed by atoms with Gasteiger partial charge in [-0.25, -0.2) is 0 Å². The fourth-order valence-corrected chi connectivity index (χ4v) is 4.53. The normalized spacial score (nSPS) is 16.5. The molecule has 4 rings (SSSR count). The highest BCUT2D eigenvalue weighted by molar-refractivity contribution is 6.46. The molecule has 0 radical (unpaired) electrons. The second-order valence-electron chi connectivity index (χ2n) is 9.75. The summed E-state index contributed by atoms with van der Waals surface area (Å²) in [7, 11) is 3.11. The van der Waals surface area contributed by atoms with Crippen LogP contribution in [-0.4, -0.2) is 54.2 Å². The maximum absolute atomic E-state index is 13.3. The Bertz CT molecular complexity index is 1360. The summed E-state index contributed by atoms with van der Waals surface area (Å²) in [6.45, 7) is 4.86. The van der Waals surface area contributed by atoms with E-state index in [1.54, 1.807) is 56.7 Å². The molecule has 1 saturated heterocycles. The van der Waals surface area contributed by atoms with Gasteiger partial charge in [0, 0.05) is 12.1 Å². The molecule has 1 unspecified atom stereocenters. The Balaban J connectivity index is 1.68. The molecule has 1 aliphatic heterocycles. The Kier molecular flexibility index (Phi) is 8.44. The molecule has 204 valence electrons. The summed E-state index contributed by atoms with van der Waals surface area (Å²) in [5.41, 5.74) is 1.87. The number of phenolic OH excluding ortho intramolecular Hbond substituents is 1.